The summed E-state index contributed by atoms with van der Waals surface area (Å²) in [5.41, 5.74) is 3.06. The number of rotatable bonds is 3. The maximum atomic E-state index is 2.29. The lowest BCUT2D eigenvalue weighted by atomic mass is 9.89. The van der Waals surface area contributed by atoms with Gasteiger partial charge in [-0.15, -0.1) is 0 Å². The number of nitrogens with zero attached hydrogens (tertiary/aromatic N) is 1. The Morgan fingerprint density at radius 2 is 1.71 bits per heavy atom. The minimum atomic E-state index is 0.412. The average molecular weight is 227 g/mol. The van der Waals surface area contributed by atoms with Gasteiger partial charge in [-0.1, -0.05) is 39.0 Å². The Kier molecular flexibility index (Phi) is 3.37. The Balaban J connectivity index is 2.07. The lowest BCUT2D eigenvalue weighted by molar-refractivity contribution is 0.378. The van der Waals surface area contributed by atoms with Crippen molar-refractivity contribution in [3.05, 3.63) is 54.4 Å². The number of aromatic nitrogens is 1. The molecule has 0 N–H and O–H groups in total. The summed E-state index contributed by atoms with van der Waals surface area (Å²) in [6, 6.07) is 12.7. The minimum Gasteiger partial charge on any atom is -0.324 e. The Hall–Kier alpha value is -1.50. The molecule has 0 saturated heterocycles. The summed E-state index contributed by atoms with van der Waals surface area (Å²) >= 11 is 0. The molecule has 0 spiro atoms. The van der Waals surface area contributed by atoms with Crippen LogP contribution >= 0.6 is 0 Å². The van der Waals surface area contributed by atoms with Gasteiger partial charge in [0.25, 0.3) is 0 Å². The summed E-state index contributed by atoms with van der Waals surface area (Å²) in [7, 11) is 0. The molecule has 0 aliphatic carbocycles. The number of benzene rings is 1. The van der Waals surface area contributed by atoms with Crippen molar-refractivity contribution in [2.24, 2.45) is 5.41 Å². The van der Waals surface area contributed by atoms with Crippen molar-refractivity contribution in [3.63, 3.8) is 0 Å². The van der Waals surface area contributed by atoms with Crippen LogP contribution in [0.2, 0.25) is 0 Å². The summed E-state index contributed by atoms with van der Waals surface area (Å²) in [6.07, 6.45) is 6.77. The lowest BCUT2D eigenvalue weighted by Gasteiger charge is -2.16. The molecule has 1 nitrogen and oxygen atoms in total. The number of para-hydroxylation sites is 1. The number of aryl methyl sites for hydroxylation is 1. The van der Waals surface area contributed by atoms with Crippen LogP contribution < -0.4 is 0 Å². The van der Waals surface area contributed by atoms with E-state index in [0.717, 1.165) is 6.42 Å². The van der Waals surface area contributed by atoms with Crippen LogP contribution in [-0.2, 0) is 6.42 Å². The van der Waals surface area contributed by atoms with Gasteiger partial charge in [0, 0.05) is 18.1 Å². The third kappa shape index (κ3) is 3.48. The van der Waals surface area contributed by atoms with Gasteiger partial charge < -0.3 is 4.57 Å². The second-order valence-corrected chi connectivity index (χ2v) is 5.82. The van der Waals surface area contributed by atoms with Crippen molar-refractivity contribution in [1.82, 2.24) is 4.57 Å². The van der Waals surface area contributed by atoms with Crippen LogP contribution in [0.3, 0.4) is 0 Å². The van der Waals surface area contributed by atoms with Gasteiger partial charge in [0.1, 0.15) is 0 Å². The average Bonchev–Trinajstić information content (AvgIpc) is 2.75. The highest BCUT2D eigenvalue weighted by Crippen LogP contribution is 2.22. The summed E-state index contributed by atoms with van der Waals surface area (Å²) in [5.74, 6) is 0. The predicted octanol–water partition coefficient (Wildman–Crippen LogP) is 4.46. The normalized spacial score (nSPS) is 11.7. The second kappa shape index (κ2) is 4.79. The maximum Gasteiger partial charge on any atom is 0.0449 e. The van der Waals surface area contributed by atoms with E-state index in [0.29, 0.717) is 5.41 Å². The molecule has 0 saturated carbocycles. The monoisotopic (exact) mass is 227 g/mol. The Morgan fingerprint density at radius 3 is 2.35 bits per heavy atom. The van der Waals surface area contributed by atoms with E-state index in [9.17, 15) is 0 Å². The van der Waals surface area contributed by atoms with Gasteiger partial charge in [0.15, 0.2) is 0 Å². The quantitative estimate of drug-likeness (QED) is 0.729. The fourth-order valence-electron chi connectivity index (χ4n) is 1.87. The summed E-state index contributed by atoms with van der Waals surface area (Å²) in [4.78, 5) is 0. The molecule has 0 aliphatic heterocycles. The molecule has 0 aliphatic rings. The summed E-state index contributed by atoms with van der Waals surface area (Å²) in [5, 5.41) is 0. The van der Waals surface area contributed by atoms with Crippen LogP contribution in [0.4, 0.5) is 0 Å². The minimum absolute atomic E-state index is 0.412. The van der Waals surface area contributed by atoms with E-state index in [1.807, 2.05) is 6.07 Å². The number of hydrogen-bond acceptors (Lipinski definition) is 0. The number of hydrogen-bond donors (Lipinski definition) is 0. The third-order valence-electron chi connectivity index (χ3n) is 2.97. The molecule has 0 amide bonds. The highest BCUT2D eigenvalue weighted by atomic mass is 14.9. The van der Waals surface area contributed by atoms with E-state index in [-0.39, 0.29) is 0 Å². The van der Waals surface area contributed by atoms with Crippen molar-refractivity contribution in [1.29, 1.82) is 0 Å². The molecule has 17 heavy (non-hydrogen) atoms. The fraction of sp³-hybridized carbons (Fsp3) is 0.375. The van der Waals surface area contributed by atoms with Gasteiger partial charge in [0.2, 0.25) is 0 Å². The fourth-order valence-corrected chi connectivity index (χ4v) is 1.87. The van der Waals surface area contributed by atoms with Gasteiger partial charge in [-0.3, -0.25) is 0 Å². The molecule has 1 heteroatoms. The van der Waals surface area contributed by atoms with Gasteiger partial charge in [0.05, 0.1) is 0 Å². The lowest BCUT2D eigenvalue weighted by Crippen LogP contribution is -2.05. The Morgan fingerprint density at radius 1 is 1.00 bits per heavy atom. The first-order valence-corrected chi connectivity index (χ1v) is 6.27. The molecule has 0 fully saturated rings. The van der Waals surface area contributed by atoms with Crippen molar-refractivity contribution in [3.8, 4) is 5.69 Å². The van der Waals surface area contributed by atoms with Gasteiger partial charge in [-0.25, -0.2) is 0 Å². The molecular formula is C16H21N. The molecule has 0 unspecified atom stereocenters. The van der Waals surface area contributed by atoms with Crippen molar-refractivity contribution in [2.45, 2.75) is 33.6 Å². The van der Waals surface area contributed by atoms with Crippen LogP contribution in [0, 0.1) is 5.41 Å². The van der Waals surface area contributed by atoms with Crippen LogP contribution in [0.15, 0.2) is 48.8 Å². The first-order valence-electron chi connectivity index (χ1n) is 6.27. The molecule has 0 atom stereocenters. The zero-order valence-electron chi connectivity index (χ0n) is 11.0. The molecule has 1 aromatic carbocycles. The third-order valence-corrected chi connectivity index (χ3v) is 2.97. The van der Waals surface area contributed by atoms with Crippen LogP contribution in [-0.4, -0.2) is 4.57 Å². The van der Waals surface area contributed by atoms with E-state index in [4.69, 9.17) is 0 Å². The highest BCUT2D eigenvalue weighted by Gasteiger charge is 2.10. The first-order chi connectivity index (χ1) is 8.04. The molecule has 2 rings (SSSR count). The van der Waals surface area contributed by atoms with Gasteiger partial charge in [-0.2, -0.15) is 0 Å². The predicted molar refractivity (Wildman–Crippen MR) is 73.5 cm³/mol. The largest absolute Gasteiger partial charge is 0.324 e. The van der Waals surface area contributed by atoms with E-state index < -0.39 is 0 Å². The van der Waals surface area contributed by atoms with Crippen LogP contribution in [0.25, 0.3) is 5.69 Å². The Labute approximate surface area is 104 Å². The SMILES string of the molecule is CC(C)(C)CCc1ccn(-c2ccccc2)c1. The van der Waals surface area contributed by atoms with Crippen LogP contribution in [0.1, 0.15) is 32.8 Å². The molecule has 0 radical (unpaired) electrons. The molecule has 90 valence electrons. The van der Waals surface area contributed by atoms with Crippen LogP contribution in [0.5, 0.6) is 0 Å². The topological polar surface area (TPSA) is 4.93 Å². The highest BCUT2D eigenvalue weighted by molar-refractivity contribution is 5.33. The zero-order valence-corrected chi connectivity index (χ0v) is 11.0. The van der Waals surface area contributed by atoms with E-state index in [1.54, 1.807) is 0 Å². The van der Waals surface area contributed by atoms with E-state index in [2.05, 4.69) is 68.1 Å². The molecule has 2 aromatic rings. The molecule has 1 aromatic heterocycles. The maximum absolute atomic E-state index is 2.29. The first kappa shape index (κ1) is 12.0. The molecule has 1 heterocycles. The van der Waals surface area contributed by atoms with Gasteiger partial charge >= 0.3 is 0 Å². The summed E-state index contributed by atoms with van der Waals surface area (Å²) < 4.78 is 2.19. The molecular weight excluding hydrogens is 206 g/mol. The second-order valence-electron chi connectivity index (χ2n) is 5.82. The van der Waals surface area contributed by atoms with Crippen molar-refractivity contribution in [2.75, 3.05) is 0 Å². The van der Waals surface area contributed by atoms with E-state index >= 15 is 0 Å². The van der Waals surface area contributed by atoms with Gasteiger partial charge in [-0.05, 0) is 42.0 Å². The summed E-state index contributed by atoms with van der Waals surface area (Å²) in [6.45, 7) is 6.88. The smallest absolute Gasteiger partial charge is 0.0449 e. The standard InChI is InChI=1S/C16H21N/c1-16(2,3)11-9-14-10-12-17(13-14)15-7-5-4-6-8-15/h4-8,10,12-13H,9,11H2,1-3H3. The zero-order chi connectivity index (χ0) is 12.3. The molecule has 0 bridgehead atoms. The van der Waals surface area contributed by atoms with E-state index in [1.165, 1.54) is 17.7 Å². The van der Waals surface area contributed by atoms with Crippen molar-refractivity contribution < 1.29 is 0 Å². The van der Waals surface area contributed by atoms with Crippen molar-refractivity contribution >= 4 is 0 Å². The Bertz CT molecular complexity index is 460.